The molecule has 19 heavy (non-hydrogen) atoms. The summed E-state index contributed by atoms with van der Waals surface area (Å²) >= 11 is 0. The summed E-state index contributed by atoms with van der Waals surface area (Å²) in [6, 6.07) is 1.99. The molecule has 108 valence electrons. The van der Waals surface area contributed by atoms with Crippen LogP contribution in [0.4, 0.5) is 5.69 Å². The number of nitrogens with one attached hydrogen (secondary N) is 1. The Hall–Kier alpha value is -1.14. The number of anilines is 1. The Morgan fingerprint density at radius 2 is 2.11 bits per heavy atom. The summed E-state index contributed by atoms with van der Waals surface area (Å²) in [4.78, 5) is 6.27. The number of nitrogens with zero attached hydrogens (tertiary/aromatic N) is 2. The van der Waals surface area contributed by atoms with Gasteiger partial charge in [-0.1, -0.05) is 6.92 Å². The molecule has 0 fully saturated rings. The van der Waals surface area contributed by atoms with Gasteiger partial charge in [-0.3, -0.25) is 4.98 Å². The van der Waals surface area contributed by atoms with E-state index in [1.807, 2.05) is 31.1 Å². The van der Waals surface area contributed by atoms with Crippen LogP contribution in [0.3, 0.4) is 0 Å². The minimum absolute atomic E-state index is 0.158. The van der Waals surface area contributed by atoms with Gasteiger partial charge >= 0.3 is 0 Å². The van der Waals surface area contributed by atoms with Gasteiger partial charge in [-0.05, 0) is 19.5 Å². The Morgan fingerprint density at radius 3 is 2.68 bits per heavy atom. The summed E-state index contributed by atoms with van der Waals surface area (Å²) < 4.78 is 22.5. The molecule has 0 aromatic carbocycles. The van der Waals surface area contributed by atoms with Crippen molar-refractivity contribution in [1.29, 1.82) is 0 Å². The molecule has 0 amide bonds. The van der Waals surface area contributed by atoms with Crippen molar-refractivity contribution in [1.82, 2.24) is 10.3 Å². The van der Waals surface area contributed by atoms with Crippen LogP contribution in [0.25, 0.3) is 0 Å². The lowest BCUT2D eigenvalue weighted by atomic mass is 10.2. The third-order valence-electron chi connectivity index (χ3n) is 2.87. The van der Waals surface area contributed by atoms with E-state index in [1.54, 1.807) is 0 Å². The van der Waals surface area contributed by atoms with Crippen molar-refractivity contribution >= 4 is 15.5 Å². The molecule has 1 rings (SSSR count). The van der Waals surface area contributed by atoms with Crippen molar-refractivity contribution in [2.24, 2.45) is 0 Å². The summed E-state index contributed by atoms with van der Waals surface area (Å²) in [5.41, 5.74) is 3.06. The molecule has 0 aliphatic carbocycles. The van der Waals surface area contributed by atoms with Gasteiger partial charge in [0, 0.05) is 49.5 Å². The lowest BCUT2D eigenvalue weighted by Crippen LogP contribution is -2.27. The Morgan fingerprint density at radius 1 is 1.42 bits per heavy atom. The quantitative estimate of drug-likeness (QED) is 0.809. The molecule has 0 bridgehead atoms. The highest BCUT2D eigenvalue weighted by Gasteiger charge is 2.11. The molecule has 0 atom stereocenters. The van der Waals surface area contributed by atoms with Gasteiger partial charge in [0.2, 0.25) is 0 Å². The van der Waals surface area contributed by atoms with E-state index in [1.165, 1.54) is 6.26 Å². The van der Waals surface area contributed by atoms with Gasteiger partial charge in [-0.15, -0.1) is 0 Å². The average molecular weight is 285 g/mol. The second-order valence-corrected chi connectivity index (χ2v) is 7.05. The van der Waals surface area contributed by atoms with Gasteiger partial charge in [0.1, 0.15) is 9.84 Å². The smallest absolute Gasteiger partial charge is 0.149 e. The van der Waals surface area contributed by atoms with E-state index < -0.39 is 9.84 Å². The summed E-state index contributed by atoms with van der Waals surface area (Å²) in [6.45, 7) is 6.10. The lowest BCUT2D eigenvalue weighted by Gasteiger charge is -2.22. The van der Waals surface area contributed by atoms with Gasteiger partial charge in [-0.25, -0.2) is 8.42 Å². The number of sulfone groups is 1. The molecule has 1 N–H and O–H groups in total. The van der Waals surface area contributed by atoms with E-state index in [4.69, 9.17) is 0 Å². The number of hydrogen-bond acceptors (Lipinski definition) is 5. The molecule has 0 saturated heterocycles. The van der Waals surface area contributed by atoms with E-state index in [0.29, 0.717) is 6.54 Å². The molecule has 0 radical (unpaired) electrons. The predicted molar refractivity (Wildman–Crippen MR) is 79.3 cm³/mol. The topological polar surface area (TPSA) is 62.3 Å². The Balaban J connectivity index is 2.86. The van der Waals surface area contributed by atoms with Crippen LogP contribution >= 0.6 is 0 Å². The van der Waals surface area contributed by atoms with Crippen LogP contribution in [0.1, 0.15) is 18.2 Å². The Labute approximate surface area is 116 Å². The average Bonchev–Trinajstić information content (AvgIpc) is 2.33. The van der Waals surface area contributed by atoms with Crippen molar-refractivity contribution in [3.8, 4) is 0 Å². The van der Waals surface area contributed by atoms with Gasteiger partial charge in [0.05, 0.1) is 5.75 Å². The van der Waals surface area contributed by atoms with Crippen LogP contribution in [0, 0.1) is 6.92 Å². The van der Waals surface area contributed by atoms with Gasteiger partial charge < -0.3 is 10.2 Å². The highest BCUT2D eigenvalue weighted by Crippen LogP contribution is 2.19. The number of hydrogen-bond donors (Lipinski definition) is 1. The van der Waals surface area contributed by atoms with Crippen molar-refractivity contribution in [2.45, 2.75) is 20.4 Å². The maximum Gasteiger partial charge on any atom is 0.149 e. The van der Waals surface area contributed by atoms with Crippen LogP contribution in [0.5, 0.6) is 0 Å². The summed E-state index contributed by atoms with van der Waals surface area (Å²) in [5.74, 6) is 0.158. The Kier molecular flexibility index (Phi) is 5.75. The first-order valence-electron chi connectivity index (χ1n) is 6.38. The van der Waals surface area contributed by atoms with Crippen LogP contribution in [-0.2, 0) is 16.4 Å². The molecule has 5 nitrogen and oxygen atoms in total. The standard InChI is InChI=1S/C13H23N3O2S/c1-5-14-9-12-10-15-11(2)8-13(12)16(3)6-7-19(4,17)18/h8,10,14H,5-7,9H2,1-4H3. The monoisotopic (exact) mass is 285 g/mol. The fourth-order valence-corrected chi connectivity index (χ4v) is 2.35. The van der Waals surface area contributed by atoms with E-state index in [-0.39, 0.29) is 5.75 Å². The molecule has 0 aliphatic heterocycles. The fraction of sp³-hybridized carbons (Fsp3) is 0.615. The van der Waals surface area contributed by atoms with E-state index in [0.717, 1.165) is 30.0 Å². The first-order chi connectivity index (χ1) is 8.83. The van der Waals surface area contributed by atoms with Crippen LogP contribution < -0.4 is 10.2 Å². The van der Waals surface area contributed by atoms with Crippen molar-refractivity contribution in [3.05, 3.63) is 23.5 Å². The zero-order valence-electron chi connectivity index (χ0n) is 12.1. The zero-order chi connectivity index (χ0) is 14.5. The van der Waals surface area contributed by atoms with Crippen LogP contribution in [0.2, 0.25) is 0 Å². The molecule has 1 heterocycles. The minimum Gasteiger partial charge on any atom is -0.373 e. The van der Waals surface area contributed by atoms with Crippen molar-refractivity contribution < 1.29 is 8.42 Å². The first-order valence-corrected chi connectivity index (χ1v) is 8.44. The Bertz CT molecular complexity index is 515. The molecule has 1 aromatic heterocycles. The molecule has 6 heteroatoms. The van der Waals surface area contributed by atoms with Crippen molar-refractivity contribution in [3.63, 3.8) is 0 Å². The molecular formula is C13H23N3O2S. The molecule has 0 aliphatic rings. The van der Waals surface area contributed by atoms with Gasteiger partial charge in [0.25, 0.3) is 0 Å². The third-order valence-corrected chi connectivity index (χ3v) is 3.80. The predicted octanol–water partition coefficient (Wildman–Crippen LogP) is 0.980. The maximum absolute atomic E-state index is 11.2. The van der Waals surface area contributed by atoms with Crippen molar-refractivity contribution in [2.75, 3.05) is 37.0 Å². The number of aryl methyl sites for hydroxylation is 1. The van der Waals surface area contributed by atoms with Gasteiger partial charge in [0.15, 0.2) is 0 Å². The second-order valence-electron chi connectivity index (χ2n) is 4.79. The number of aromatic nitrogens is 1. The summed E-state index contributed by atoms with van der Waals surface area (Å²) in [5, 5.41) is 3.27. The molecule has 0 unspecified atom stereocenters. The number of pyridine rings is 1. The summed E-state index contributed by atoms with van der Waals surface area (Å²) in [6.07, 6.45) is 3.11. The van der Waals surface area contributed by atoms with Crippen LogP contribution in [-0.4, -0.2) is 45.5 Å². The van der Waals surface area contributed by atoms with Gasteiger partial charge in [-0.2, -0.15) is 0 Å². The SMILES string of the molecule is CCNCc1cnc(C)cc1N(C)CCS(C)(=O)=O. The second kappa shape index (κ2) is 6.86. The van der Waals surface area contributed by atoms with E-state index in [2.05, 4.69) is 17.2 Å². The molecular weight excluding hydrogens is 262 g/mol. The maximum atomic E-state index is 11.2. The highest BCUT2D eigenvalue weighted by molar-refractivity contribution is 7.90. The fourth-order valence-electron chi connectivity index (χ4n) is 1.75. The first kappa shape index (κ1) is 15.9. The zero-order valence-corrected chi connectivity index (χ0v) is 12.9. The summed E-state index contributed by atoms with van der Waals surface area (Å²) in [7, 11) is -1.03. The molecule has 0 spiro atoms. The van der Waals surface area contributed by atoms with E-state index in [9.17, 15) is 8.42 Å². The lowest BCUT2D eigenvalue weighted by molar-refractivity contribution is 0.601. The minimum atomic E-state index is -2.94. The highest BCUT2D eigenvalue weighted by atomic mass is 32.2. The largest absolute Gasteiger partial charge is 0.373 e. The third kappa shape index (κ3) is 5.57. The normalized spacial score (nSPS) is 11.6. The van der Waals surface area contributed by atoms with Crippen LogP contribution in [0.15, 0.2) is 12.3 Å². The van der Waals surface area contributed by atoms with E-state index >= 15 is 0 Å². The molecule has 0 saturated carbocycles. The number of rotatable bonds is 7. The molecule has 1 aromatic rings.